The lowest BCUT2D eigenvalue weighted by Gasteiger charge is -2.12. The van der Waals surface area contributed by atoms with Gasteiger partial charge in [-0.2, -0.15) is 38.2 Å². The van der Waals surface area contributed by atoms with Crippen molar-refractivity contribution in [3.8, 4) is 18.2 Å². The average Bonchev–Trinajstić information content (AvgIpc) is 3.21. The molecule has 13 nitrogen and oxygen atoms in total. The van der Waals surface area contributed by atoms with Crippen LogP contribution in [0.1, 0.15) is 46.9 Å². The molecule has 4 rings (SSSR count). The van der Waals surface area contributed by atoms with Gasteiger partial charge in [0.1, 0.15) is 6.07 Å². The van der Waals surface area contributed by atoms with Gasteiger partial charge in [0.15, 0.2) is 5.70 Å². The van der Waals surface area contributed by atoms with Crippen molar-refractivity contribution >= 4 is 119 Å². The number of carboxylic acids is 4. The third-order valence-electron chi connectivity index (χ3n) is 6.69. The van der Waals surface area contributed by atoms with Crippen LogP contribution in [0.15, 0.2) is 103 Å². The smallest absolute Gasteiger partial charge is 0.368 e. The number of aliphatic carboxylic acids is 4. The SMILES string of the molecule is N#C/C(=C/C(=O)O)c1ccc(Cl)cc1.N#CC(CC(=O)O)c1ccc(Cl)cc1.N#CCc1ccc(Cl)cc1.NCC(CC(=O)O)c1ccc(Cl)cc1.O=CC(=O)O.[B].[B]I. The normalized spacial score (nSPS) is 10.2. The van der Waals surface area contributed by atoms with Crippen LogP contribution in [-0.2, 0) is 30.4 Å². The molecule has 0 saturated carbocycles. The van der Waals surface area contributed by atoms with Crippen molar-refractivity contribution in [1.82, 2.24) is 0 Å². The topological polar surface area (TPSA) is 264 Å². The summed E-state index contributed by atoms with van der Waals surface area (Å²) in [6, 6.07) is 33.2. The number of hydrogen-bond acceptors (Lipinski definition) is 9. The number of aldehydes is 1. The Morgan fingerprint density at radius 1 is 0.667 bits per heavy atom. The van der Waals surface area contributed by atoms with Gasteiger partial charge in [-0.1, -0.05) is 94.9 Å². The second-order valence-corrected chi connectivity index (χ2v) is 12.6. The molecule has 0 amide bonds. The Kier molecular flexibility index (Phi) is 34.9. The fourth-order valence-electron chi connectivity index (χ4n) is 4.02. The standard InChI is InChI=1S/C10H12ClNO2.C10H8ClNO2.C10H6ClNO2.C8H6ClN.C2H2O3.BI.B/c3*11-9-3-1-7(2-4-9)8(6-12)5-10(13)14;9-8-3-1-7(2-4-8)5-6-10;3-1-2(4)5;1-2;/h1-4,8H,5-6,12H2,(H,13,14);1-4,8H,5H2,(H,13,14);1-5H,(H,13,14);1-4H,5H2;1H,(H,4,5);;/b;;8-5-;;;;. The molecule has 6 N–H and O–H groups in total. The highest BCUT2D eigenvalue weighted by Gasteiger charge is 2.15. The molecule has 60 heavy (non-hydrogen) atoms. The summed E-state index contributed by atoms with van der Waals surface area (Å²) in [6.07, 6.45) is 1.02. The lowest BCUT2D eigenvalue weighted by Crippen LogP contribution is -2.16. The van der Waals surface area contributed by atoms with Crippen molar-refractivity contribution in [2.75, 3.05) is 6.54 Å². The van der Waals surface area contributed by atoms with E-state index in [0.29, 0.717) is 44.2 Å². The number of nitriles is 3. The maximum Gasteiger partial charge on any atom is 0.368 e. The van der Waals surface area contributed by atoms with Gasteiger partial charge in [-0.25, -0.2) is 9.59 Å². The molecule has 0 spiro atoms. The first-order valence-electron chi connectivity index (χ1n) is 16.2. The quantitative estimate of drug-likeness (QED) is 0.0236. The minimum Gasteiger partial charge on any atom is -0.481 e. The number of allylic oxidation sites excluding steroid dienone is 1. The number of hydrogen-bond donors (Lipinski definition) is 5. The summed E-state index contributed by atoms with van der Waals surface area (Å²) >= 11 is 24.3. The number of carboxylic acid groups (broad SMARTS) is 4. The average molecular weight is 1010 g/mol. The summed E-state index contributed by atoms with van der Waals surface area (Å²) in [5.74, 6) is -5.13. The van der Waals surface area contributed by atoms with E-state index in [-0.39, 0.29) is 39.0 Å². The number of nitrogens with zero attached hydrogens (tertiary/aromatic N) is 3. The molecule has 0 saturated heterocycles. The van der Waals surface area contributed by atoms with E-state index in [4.69, 9.17) is 97.9 Å². The molecule has 2 unspecified atom stereocenters. The van der Waals surface area contributed by atoms with E-state index in [9.17, 15) is 14.4 Å². The van der Waals surface area contributed by atoms with Crippen LogP contribution < -0.4 is 5.73 Å². The highest BCUT2D eigenvalue weighted by Crippen LogP contribution is 2.22. The van der Waals surface area contributed by atoms with Crippen molar-refractivity contribution in [3.05, 3.63) is 145 Å². The van der Waals surface area contributed by atoms with Crippen molar-refractivity contribution in [3.63, 3.8) is 0 Å². The Morgan fingerprint density at radius 2 is 1.05 bits per heavy atom. The van der Waals surface area contributed by atoms with E-state index < -0.39 is 29.8 Å². The van der Waals surface area contributed by atoms with Gasteiger partial charge in [-0.05, 0) is 77.3 Å². The van der Waals surface area contributed by atoms with Gasteiger partial charge < -0.3 is 26.2 Å². The summed E-state index contributed by atoms with van der Waals surface area (Å²) in [5, 5.41) is 61.2. The number of benzene rings is 4. The van der Waals surface area contributed by atoms with Gasteiger partial charge in [0, 0.05) is 40.5 Å². The van der Waals surface area contributed by atoms with Crippen LogP contribution in [0.3, 0.4) is 0 Å². The molecule has 0 aliphatic carbocycles. The summed E-state index contributed by atoms with van der Waals surface area (Å²) < 4.78 is 0. The second kappa shape index (κ2) is 35.6. The molecule has 4 aromatic rings. The molecule has 0 fully saturated rings. The van der Waals surface area contributed by atoms with Gasteiger partial charge in [-0.15, -0.1) is 0 Å². The fourth-order valence-corrected chi connectivity index (χ4v) is 4.52. The molecule has 0 aliphatic rings. The molecule has 0 aliphatic heterocycles. The Bertz CT molecular complexity index is 2080. The van der Waals surface area contributed by atoms with Gasteiger partial charge in [0.25, 0.3) is 0 Å². The zero-order chi connectivity index (χ0) is 45.3. The maximum atomic E-state index is 10.5. The van der Waals surface area contributed by atoms with Crippen LogP contribution >= 0.6 is 68.8 Å². The van der Waals surface area contributed by atoms with Crippen LogP contribution in [0.5, 0.6) is 0 Å². The van der Waals surface area contributed by atoms with Crippen LogP contribution in [0.4, 0.5) is 0 Å². The molecule has 0 aromatic heterocycles. The Balaban J connectivity index is -0.000000686. The molecule has 5 radical (unpaired) electrons. The lowest BCUT2D eigenvalue weighted by atomic mass is 9.96. The largest absolute Gasteiger partial charge is 0.481 e. The monoisotopic (exact) mass is 1000 g/mol. The highest BCUT2D eigenvalue weighted by atomic mass is 127. The number of halogens is 5. The van der Waals surface area contributed by atoms with E-state index in [0.717, 1.165) is 17.2 Å². The Hall–Kier alpha value is -5.38. The van der Waals surface area contributed by atoms with E-state index >= 15 is 0 Å². The molecule has 2 atom stereocenters. The van der Waals surface area contributed by atoms with Gasteiger partial charge in [0.05, 0.1) is 42.9 Å². The third-order valence-corrected chi connectivity index (χ3v) is 7.70. The third kappa shape index (κ3) is 28.9. The van der Waals surface area contributed by atoms with Crippen molar-refractivity contribution in [2.45, 2.75) is 31.1 Å². The summed E-state index contributed by atoms with van der Waals surface area (Å²) in [5.41, 5.74) is 13.2. The number of carbonyl (C=O) groups is 5. The molecule has 0 bridgehead atoms. The van der Waals surface area contributed by atoms with E-state index in [1.54, 1.807) is 101 Å². The number of carbonyl (C=O) groups excluding carboxylic acids is 1. The van der Waals surface area contributed by atoms with Crippen molar-refractivity contribution in [1.29, 1.82) is 15.8 Å². The number of rotatable bonds is 11. The second-order valence-electron chi connectivity index (χ2n) is 10.8. The molecule has 309 valence electrons. The zero-order valence-electron chi connectivity index (χ0n) is 31.2. The Labute approximate surface area is 383 Å². The van der Waals surface area contributed by atoms with Crippen LogP contribution in [0, 0.1) is 34.0 Å². The van der Waals surface area contributed by atoms with Crippen molar-refractivity contribution < 1.29 is 44.4 Å². The first-order valence-corrected chi connectivity index (χ1v) is 18.9. The predicted octanol–water partition coefficient (Wildman–Crippen LogP) is 8.41. The fraction of sp³-hybridized carbons (Fsp3) is 0.150. The lowest BCUT2D eigenvalue weighted by molar-refractivity contribution is -0.143. The van der Waals surface area contributed by atoms with Crippen molar-refractivity contribution in [2.24, 2.45) is 5.73 Å². The van der Waals surface area contributed by atoms with Crippen LogP contribution in [0.25, 0.3) is 5.57 Å². The molecule has 0 heterocycles. The maximum absolute atomic E-state index is 10.5. The van der Waals surface area contributed by atoms with E-state index in [1.165, 1.54) is 0 Å². The minimum atomic E-state index is -1.43. The molecule has 4 aromatic carbocycles. The summed E-state index contributed by atoms with van der Waals surface area (Å²) in [7, 11) is 0. The van der Waals surface area contributed by atoms with Crippen LogP contribution in [0.2, 0.25) is 20.1 Å². The van der Waals surface area contributed by atoms with Gasteiger partial charge >= 0.3 is 23.9 Å². The highest BCUT2D eigenvalue weighted by molar-refractivity contribution is 14.1. The first kappa shape index (κ1) is 58.9. The summed E-state index contributed by atoms with van der Waals surface area (Å²) in [4.78, 5) is 49.2. The van der Waals surface area contributed by atoms with Gasteiger partial charge in [-0.3, -0.25) is 14.4 Å². The van der Waals surface area contributed by atoms with Gasteiger partial charge in [0.2, 0.25) is 6.29 Å². The van der Waals surface area contributed by atoms with Crippen LogP contribution in [-0.4, -0.2) is 71.2 Å². The molecular formula is C40H34B2Cl4IN4O9. The van der Waals surface area contributed by atoms with E-state index in [1.807, 2.05) is 30.3 Å². The summed E-state index contributed by atoms with van der Waals surface area (Å²) in [6.45, 7) is 0.327. The molecule has 20 heteroatoms. The first-order chi connectivity index (χ1) is 28.0. The number of nitrogens with two attached hydrogens (primary N) is 1. The Morgan fingerprint density at radius 3 is 1.37 bits per heavy atom. The minimum absolute atomic E-state index is 0. The molecular weight excluding hydrogens is 971 g/mol. The zero-order valence-corrected chi connectivity index (χ0v) is 36.4. The predicted molar refractivity (Wildman–Crippen MR) is 240 cm³/mol. The van der Waals surface area contributed by atoms with E-state index in [2.05, 4.69) is 11.8 Å².